The molecule has 0 atom stereocenters. The van der Waals surface area contributed by atoms with E-state index >= 15 is 0 Å². The quantitative estimate of drug-likeness (QED) is 0.669. The molecule has 1 aliphatic rings. The number of aryl methyl sites for hydroxylation is 2. The van der Waals surface area contributed by atoms with Crippen molar-refractivity contribution < 1.29 is 9.47 Å². The van der Waals surface area contributed by atoms with E-state index in [0.717, 1.165) is 24.1 Å². The minimum atomic E-state index is -0.168. The van der Waals surface area contributed by atoms with Crippen LogP contribution in [0.25, 0.3) is 0 Å². The van der Waals surface area contributed by atoms with E-state index in [1.807, 2.05) is 26.8 Å². The maximum atomic E-state index is 5.80. The minimum Gasteiger partial charge on any atom is -0.475 e. The van der Waals surface area contributed by atoms with Crippen LogP contribution in [-0.2, 0) is 17.6 Å². The molecule has 0 aromatic carbocycles. The van der Waals surface area contributed by atoms with Gasteiger partial charge in [-0.3, -0.25) is 0 Å². The van der Waals surface area contributed by atoms with E-state index in [4.69, 9.17) is 27.4 Å². The Morgan fingerprint density at radius 1 is 1.29 bits per heavy atom. The Kier molecular flexibility index (Phi) is 5.17. The Morgan fingerprint density at radius 2 is 2.00 bits per heavy atom. The summed E-state index contributed by atoms with van der Waals surface area (Å²) in [6.45, 7) is 7.01. The molecule has 1 aromatic heterocycles. The predicted octanol–water partition coefficient (Wildman–Crippen LogP) is 2.79. The lowest BCUT2D eigenvalue weighted by Crippen LogP contribution is -2.23. The highest BCUT2D eigenvalue weighted by Gasteiger charge is 2.17. The van der Waals surface area contributed by atoms with E-state index in [0.29, 0.717) is 24.1 Å². The summed E-state index contributed by atoms with van der Waals surface area (Å²) in [6, 6.07) is 2.05. The number of pyridine rings is 1. The zero-order valence-corrected chi connectivity index (χ0v) is 13.9. The summed E-state index contributed by atoms with van der Waals surface area (Å²) in [4.78, 5) is 4.96. The molecule has 0 aliphatic heterocycles. The van der Waals surface area contributed by atoms with Crippen molar-refractivity contribution in [2.24, 2.45) is 5.73 Å². The first-order chi connectivity index (χ1) is 9.87. The van der Waals surface area contributed by atoms with Gasteiger partial charge in [0.25, 0.3) is 0 Å². The molecular formula is C16H24N2O2S. The van der Waals surface area contributed by atoms with Gasteiger partial charge < -0.3 is 15.2 Å². The summed E-state index contributed by atoms with van der Waals surface area (Å²) in [5, 5.41) is 0. The SMILES string of the molecule is CC(C)(C)OCCOc1nc2c(cc1C(N)=S)CCCC2. The van der Waals surface area contributed by atoms with Crippen molar-refractivity contribution in [2.75, 3.05) is 13.2 Å². The van der Waals surface area contributed by atoms with Gasteiger partial charge in [0.05, 0.1) is 17.8 Å². The molecule has 0 bridgehead atoms. The van der Waals surface area contributed by atoms with Crippen LogP contribution in [0.4, 0.5) is 0 Å². The molecule has 2 rings (SSSR count). The molecule has 1 heterocycles. The first-order valence-corrected chi connectivity index (χ1v) is 7.87. The molecular weight excluding hydrogens is 284 g/mol. The summed E-state index contributed by atoms with van der Waals surface area (Å²) >= 11 is 5.12. The highest BCUT2D eigenvalue weighted by atomic mass is 32.1. The summed E-state index contributed by atoms with van der Waals surface area (Å²) in [6.07, 6.45) is 4.43. The van der Waals surface area contributed by atoms with E-state index < -0.39 is 0 Å². The zero-order chi connectivity index (χ0) is 15.5. The van der Waals surface area contributed by atoms with Gasteiger partial charge in [-0.05, 0) is 58.1 Å². The van der Waals surface area contributed by atoms with Gasteiger partial charge in [0.2, 0.25) is 5.88 Å². The lowest BCUT2D eigenvalue weighted by Gasteiger charge is -2.21. The van der Waals surface area contributed by atoms with Crippen molar-refractivity contribution in [1.29, 1.82) is 0 Å². The third kappa shape index (κ3) is 4.64. The summed E-state index contributed by atoms with van der Waals surface area (Å²) < 4.78 is 11.4. The third-order valence-corrected chi connectivity index (χ3v) is 3.61. The number of hydrogen-bond donors (Lipinski definition) is 1. The maximum Gasteiger partial charge on any atom is 0.224 e. The van der Waals surface area contributed by atoms with E-state index in [2.05, 4.69) is 4.98 Å². The van der Waals surface area contributed by atoms with E-state index in [-0.39, 0.29) is 5.60 Å². The Bertz CT molecular complexity index is 524. The predicted molar refractivity (Wildman–Crippen MR) is 88.0 cm³/mol. The number of fused-ring (bicyclic) bond motifs is 1. The van der Waals surface area contributed by atoms with Crippen molar-refractivity contribution in [3.8, 4) is 5.88 Å². The van der Waals surface area contributed by atoms with Crippen molar-refractivity contribution in [2.45, 2.75) is 52.1 Å². The first kappa shape index (κ1) is 16.2. The number of rotatable bonds is 5. The average molecular weight is 308 g/mol. The Labute approximate surface area is 132 Å². The van der Waals surface area contributed by atoms with Gasteiger partial charge in [0.1, 0.15) is 11.6 Å². The minimum absolute atomic E-state index is 0.168. The van der Waals surface area contributed by atoms with Gasteiger partial charge >= 0.3 is 0 Å². The van der Waals surface area contributed by atoms with Crippen molar-refractivity contribution >= 4 is 17.2 Å². The lowest BCUT2D eigenvalue weighted by molar-refractivity contribution is -0.0168. The molecule has 2 N–H and O–H groups in total. The summed E-state index contributed by atoms with van der Waals surface area (Å²) in [5.41, 5.74) is 8.74. The van der Waals surface area contributed by atoms with Crippen LogP contribution in [0.15, 0.2) is 6.07 Å². The summed E-state index contributed by atoms with van der Waals surface area (Å²) in [7, 11) is 0. The van der Waals surface area contributed by atoms with Crippen LogP contribution in [0, 0.1) is 0 Å². The van der Waals surface area contributed by atoms with Crippen LogP contribution in [0.5, 0.6) is 5.88 Å². The molecule has 0 spiro atoms. The van der Waals surface area contributed by atoms with Crippen LogP contribution in [0.1, 0.15) is 50.4 Å². The van der Waals surface area contributed by atoms with Crippen molar-refractivity contribution in [3.63, 3.8) is 0 Å². The third-order valence-electron chi connectivity index (χ3n) is 3.39. The molecule has 0 amide bonds. The molecule has 1 aliphatic carbocycles. The smallest absolute Gasteiger partial charge is 0.224 e. The highest BCUT2D eigenvalue weighted by Crippen LogP contribution is 2.26. The standard InChI is InChI=1S/C16H24N2O2S/c1-16(2,3)20-9-8-19-15-12(14(17)21)10-11-6-4-5-7-13(11)18-15/h10H,4-9H2,1-3H3,(H2,17,21). The fourth-order valence-corrected chi connectivity index (χ4v) is 2.53. The van der Waals surface area contributed by atoms with Crippen LogP contribution in [0.2, 0.25) is 0 Å². The van der Waals surface area contributed by atoms with Gasteiger partial charge in [-0.2, -0.15) is 0 Å². The largest absolute Gasteiger partial charge is 0.475 e. The Hall–Kier alpha value is -1.20. The van der Waals surface area contributed by atoms with E-state index in [9.17, 15) is 0 Å². The van der Waals surface area contributed by atoms with E-state index in [1.54, 1.807) is 0 Å². The number of nitrogens with two attached hydrogens (primary N) is 1. The van der Waals surface area contributed by atoms with Gasteiger partial charge in [0.15, 0.2) is 0 Å². The average Bonchev–Trinajstić information content (AvgIpc) is 2.41. The number of aromatic nitrogens is 1. The number of ether oxygens (including phenoxy) is 2. The van der Waals surface area contributed by atoms with Crippen LogP contribution < -0.4 is 10.5 Å². The lowest BCUT2D eigenvalue weighted by atomic mass is 9.95. The molecule has 21 heavy (non-hydrogen) atoms. The number of nitrogens with zero attached hydrogens (tertiary/aromatic N) is 1. The molecule has 0 fully saturated rings. The second-order valence-corrected chi connectivity index (χ2v) is 6.77. The Balaban J connectivity index is 2.08. The second kappa shape index (κ2) is 6.71. The molecule has 0 radical (unpaired) electrons. The van der Waals surface area contributed by atoms with Gasteiger partial charge in [-0.25, -0.2) is 4.98 Å². The molecule has 0 saturated heterocycles. The highest BCUT2D eigenvalue weighted by molar-refractivity contribution is 7.80. The topological polar surface area (TPSA) is 57.4 Å². The molecule has 1 aromatic rings. The molecule has 116 valence electrons. The zero-order valence-electron chi connectivity index (χ0n) is 13.1. The van der Waals surface area contributed by atoms with Crippen LogP contribution in [0.3, 0.4) is 0 Å². The fraction of sp³-hybridized carbons (Fsp3) is 0.625. The maximum absolute atomic E-state index is 5.80. The van der Waals surface area contributed by atoms with Crippen molar-refractivity contribution in [3.05, 3.63) is 22.9 Å². The molecule has 0 unspecified atom stereocenters. The van der Waals surface area contributed by atoms with Crippen LogP contribution >= 0.6 is 12.2 Å². The fourth-order valence-electron chi connectivity index (χ4n) is 2.39. The summed E-state index contributed by atoms with van der Waals surface area (Å²) in [5.74, 6) is 0.542. The van der Waals surface area contributed by atoms with Crippen molar-refractivity contribution in [1.82, 2.24) is 4.98 Å². The molecule has 0 saturated carbocycles. The molecule has 5 heteroatoms. The Morgan fingerprint density at radius 3 is 2.67 bits per heavy atom. The molecule has 4 nitrogen and oxygen atoms in total. The number of hydrogen-bond acceptors (Lipinski definition) is 4. The monoisotopic (exact) mass is 308 g/mol. The van der Waals surface area contributed by atoms with Crippen LogP contribution in [-0.4, -0.2) is 28.8 Å². The normalized spacial score (nSPS) is 14.6. The second-order valence-electron chi connectivity index (χ2n) is 6.33. The number of thiocarbonyl (C=S) groups is 1. The van der Waals surface area contributed by atoms with Gasteiger partial charge in [-0.1, -0.05) is 12.2 Å². The van der Waals surface area contributed by atoms with Gasteiger partial charge in [-0.15, -0.1) is 0 Å². The first-order valence-electron chi connectivity index (χ1n) is 7.46. The van der Waals surface area contributed by atoms with E-state index in [1.165, 1.54) is 18.4 Å². The van der Waals surface area contributed by atoms with Gasteiger partial charge in [0, 0.05) is 5.69 Å².